The molecule has 0 unspecified atom stereocenters. The van der Waals surface area contributed by atoms with Crippen molar-refractivity contribution in [1.29, 1.82) is 0 Å². The van der Waals surface area contributed by atoms with Gasteiger partial charge in [-0.05, 0) is 17.7 Å². The quantitative estimate of drug-likeness (QED) is 0.594. The second kappa shape index (κ2) is 4.80. The van der Waals surface area contributed by atoms with E-state index in [0.717, 1.165) is 5.56 Å². The zero-order valence-electron chi connectivity index (χ0n) is 6.80. The van der Waals surface area contributed by atoms with Crippen LogP contribution in [0.25, 0.3) is 6.08 Å². The lowest BCUT2D eigenvalue weighted by Gasteiger charge is -2.02. The molecule has 1 nitrogen and oxygen atoms in total. The number of nitrogens with two attached hydrogens (primary N) is 1. The summed E-state index contributed by atoms with van der Waals surface area (Å²) in [6.07, 6.45) is 3.80. The molecule has 1 rings (SSSR count). The summed E-state index contributed by atoms with van der Waals surface area (Å²) in [5, 5.41) is 0.956. The van der Waals surface area contributed by atoms with Crippen molar-refractivity contribution in [2.24, 2.45) is 0 Å². The van der Waals surface area contributed by atoms with Crippen molar-refractivity contribution in [2.45, 2.75) is 0 Å². The molecular formula is C9H9Cl2NS. The molecular weight excluding hydrogens is 225 g/mol. The van der Waals surface area contributed by atoms with Gasteiger partial charge in [0, 0.05) is 5.75 Å². The highest BCUT2D eigenvalue weighted by molar-refractivity contribution is 7.80. The molecule has 70 valence electrons. The Hall–Kier alpha value is -0.310. The lowest BCUT2D eigenvalue weighted by Crippen LogP contribution is -1.88. The number of anilines is 1. The van der Waals surface area contributed by atoms with Gasteiger partial charge in [-0.2, -0.15) is 12.6 Å². The minimum absolute atomic E-state index is 0.423. The molecule has 1 aromatic carbocycles. The standard InChI is InChI=1S/C9H9Cl2NS/c10-7-4-6(2-1-3-13)5-8(11)9(7)12/h1-2,4-5,13H,3,12H2. The molecule has 0 aromatic heterocycles. The molecule has 0 bridgehead atoms. The van der Waals surface area contributed by atoms with E-state index in [0.29, 0.717) is 21.5 Å². The predicted molar refractivity (Wildman–Crippen MR) is 63.8 cm³/mol. The first-order chi connectivity index (χ1) is 6.15. The van der Waals surface area contributed by atoms with Crippen LogP contribution in [0.15, 0.2) is 18.2 Å². The summed E-state index contributed by atoms with van der Waals surface area (Å²) in [6.45, 7) is 0. The van der Waals surface area contributed by atoms with E-state index in [2.05, 4.69) is 12.6 Å². The number of rotatable bonds is 2. The van der Waals surface area contributed by atoms with Crippen LogP contribution in [0, 0.1) is 0 Å². The third-order valence-electron chi connectivity index (χ3n) is 1.52. The van der Waals surface area contributed by atoms with Crippen LogP contribution in [0.3, 0.4) is 0 Å². The maximum Gasteiger partial charge on any atom is 0.0693 e. The van der Waals surface area contributed by atoms with Crippen molar-refractivity contribution in [1.82, 2.24) is 0 Å². The summed E-state index contributed by atoms with van der Waals surface area (Å²) < 4.78 is 0. The van der Waals surface area contributed by atoms with Crippen molar-refractivity contribution in [3.05, 3.63) is 33.8 Å². The van der Waals surface area contributed by atoms with Crippen LogP contribution in [-0.4, -0.2) is 5.75 Å². The molecule has 1 aromatic rings. The van der Waals surface area contributed by atoms with Crippen molar-refractivity contribution in [3.8, 4) is 0 Å². The average molecular weight is 234 g/mol. The second-order valence-corrected chi connectivity index (χ2v) is 3.66. The smallest absolute Gasteiger partial charge is 0.0693 e. The van der Waals surface area contributed by atoms with Crippen molar-refractivity contribution in [2.75, 3.05) is 11.5 Å². The van der Waals surface area contributed by atoms with E-state index in [1.807, 2.05) is 12.2 Å². The maximum absolute atomic E-state index is 5.84. The van der Waals surface area contributed by atoms with Crippen molar-refractivity contribution >= 4 is 47.6 Å². The maximum atomic E-state index is 5.84. The first-order valence-electron chi connectivity index (χ1n) is 3.67. The Morgan fingerprint density at radius 2 is 1.85 bits per heavy atom. The second-order valence-electron chi connectivity index (χ2n) is 2.48. The third kappa shape index (κ3) is 2.83. The number of hydrogen-bond acceptors (Lipinski definition) is 2. The van der Waals surface area contributed by atoms with E-state index >= 15 is 0 Å². The van der Waals surface area contributed by atoms with Gasteiger partial charge in [-0.15, -0.1) is 0 Å². The molecule has 0 saturated carbocycles. The third-order valence-corrected chi connectivity index (χ3v) is 2.35. The normalized spacial score (nSPS) is 11.0. The van der Waals surface area contributed by atoms with E-state index in [4.69, 9.17) is 28.9 Å². The highest BCUT2D eigenvalue weighted by Crippen LogP contribution is 2.29. The number of thiol groups is 1. The monoisotopic (exact) mass is 233 g/mol. The highest BCUT2D eigenvalue weighted by Gasteiger charge is 2.02. The number of hydrogen-bond donors (Lipinski definition) is 2. The summed E-state index contributed by atoms with van der Waals surface area (Å²) in [5.74, 6) is 0.680. The van der Waals surface area contributed by atoms with Gasteiger partial charge in [0.05, 0.1) is 15.7 Å². The number of nitrogen functional groups attached to an aromatic ring is 1. The fourth-order valence-corrected chi connectivity index (χ4v) is 1.50. The summed E-state index contributed by atoms with van der Waals surface area (Å²) in [5.41, 5.74) is 6.93. The Kier molecular flexibility index (Phi) is 3.97. The van der Waals surface area contributed by atoms with Gasteiger partial charge >= 0.3 is 0 Å². The minimum Gasteiger partial charge on any atom is -0.396 e. The molecule has 0 atom stereocenters. The number of benzene rings is 1. The molecule has 2 N–H and O–H groups in total. The van der Waals surface area contributed by atoms with Gasteiger partial charge in [0.15, 0.2) is 0 Å². The molecule has 0 spiro atoms. The van der Waals surface area contributed by atoms with E-state index in [-0.39, 0.29) is 0 Å². The summed E-state index contributed by atoms with van der Waals surface area (Å²) in [6, 6.07) is 3.53. The first kappa shape index (κ1) is 10.8. The highest BCUT2D eigenvalue weighted by atomic mass is 35.5. The fourth-order valence-electron chi connectivity index (χ4n) is 0.889. The van der Waals surface area contributed by atoms with Gasteiger partial charge in [0.25, 0.3) is 0 Å². The average Bonchev–Trinajstić information content (AvgIpc) is 2.10. The molecule has 0 aliphatic heterocycles. The van der Waals surface area contributed by atoms with Gasteiger partial charge in [-0.1, -0.05) is 35.4 Å². The SMILES string of the molecule is Nc1c(Cl)cc(C=CCS)cc1Cl. The van der Waals surface area contributed by atoms with Crippen molar-refractivity contribution < 1.29 is 0 Å². The molecule has 0 aliphatic rings. The van der Waals surface area contributed by atoms with Gasteiger partial charge in [-0.25, -0.2) is 0 Å². The molecule has 0 radical (unpaired) electrons. The van der Waals surface area contributed by atoms with E-state index < -0.39 is 0 Å². The molecule has 0 fully saturated rings. The molecule has 0 amide bonds. The van der Waals surface area contributed by atoms with Crippen LogP contribution >= 0.6 is 35.8 Å². The number of halogens is 2. The van der Waals surface area contributed by atoms with E-state index in [1.165, 1.54) is 0 Å². The molecule has 13 heavy (non-hydrogen) atoms. The topological polar surface area (TPSA) is 26.0 Å². The van der Waals surface area contributed by atoms with Gasteiger partial charge < -0.3 is 5.73 Å². The van der Waals surface area contributed by atoms with Crippen LogP contribution < -0.4 is 5.73 Å². The molecule has 4 heteroatoms. The van der Waals surface area contributed by atoms with E-state index in [1.54, 1.807) is 12.1 Å². The minimum atomic E-state index is 0.423. The van der Waals surface area contributed by atoms with Crippen LogP contribution in [0.2, 0.25) is 10.0 Å². The van der Waals surface area contributed by atoms with Crippen LogP contribution in [-0.2, 0) is 0 Å². The summed E-state index contributed by atoms with van der Waals surface area (Å²) in [4.78, 5) is 0. The first-order valence-corrected chi connectivity index (χ1v) is 5.06. The Morgan fingerprint density at radius 1 is 1.31 bits per heavy atom. The predicted octanol–water partition coefficient (Wildman–Crippen LogP) is 3.52. The fraction of sp³-hybridized carbons (Fsp3) is 0.111. The van der Waals surface area contributed by atoms with Gasteiger partial charge in [0.1, 0.15) is 0 Å². The molecule has 0 heterocycles. The molecule has 0 aliphatic carbocycles. The lowest BCUT2D eigenvalue weighted by atomic mass is 10.2. The largest absolute Gasteiger partial charge is 0.396 e. The van der Waals surface area contributed by atoms with Crippen LogP contribution in [0.1, 0.15) is 5.56 Å². The van der Waals surface area contributed by atoms with E-state index in [9.17, 15) is 0 Å². The zero-order valence-corrected chi connectivity index (χ0v) is 9.20. The van der Waals surface area contributed by atoms with Crippen LogP contribution in [0.5, 0.6) is 0 Å². The molecule has 0 saturated heterocycles. The van der Waals surface area contributed by atoms with Crippen LogP contribution in [0.4, 0.5) is 5.69 Å². The van der Waals surface area contributed by atoms with Gasteiger partial charge in [0.2, 0.25) is 0 Å². The Morgan fingerprint density at radius 3 is 2.31 bits per heavy atom. The zero-order chi connectivity index (χ0) is 9.84. The van der Waals surface area contributed by atoms with Crippen molar-refractivity contribution in [3.63, 3.8) is 0 Å². The Labute approximate surface area is 92.9 Å². The van der Waals surface area contributed by atoms with Gasteiger partial charge in [-0.3, -0.25) is 0 Å². The Balaban J connectivity index is 3.06. The lowest BCUT2D eigenvalue weighted by molar-refractivity contribution is 1.63. The summed E-state index contributed by atoms with van der Waals surface area (Å²) in [7, 11) is 0. The Bertz CT molecular complexity index is 313. The summed E-state index contributed by atoms with van der Waals surface area (Å²) >= 11 is 15.7.